The molecule has 0 unspecified atom stereocenters. The highest BCUT2D eigenvalue weighted by Gasteiger charge is 2.34. The van der Waals surface area contributed by atoms with Crippen molar-refractivity contribution in [2.45, 2.75) is 36.9 Å². The Hall–Kier alpha value is -2.46. The lowest BCUT2D eigenvalue weighted by atomic mass is 10.1. The Morgan fingerprint density at radius 2 is 1.70 bits per heavy atom. The average Bonchev–Trinajstić information content (AvgIpc) is 2.72. The molecule has 1 aliphatic rings. The van der Waals surface area contributed by atoms with Gasteiger partial charge in [-0.15, -0.1) is 0 Å². The topological polar surface area (TPSA) is 66.5 Å². The number of halogens is 4. The van der Waals surface area contributed by atoms with Crippen LogP contribution in [-0.4, -0.2) is 31.7 Å². The summed E-state index contributed by atoms with van der Waals surface area (Å²) in [6, 6.07) is 7.73. The van der Waals surface area contributed by atoms with E-state index in [9.17, 15) is 30.8 Å². The molecular formula is C20H20F4N2O3S. The number of hydrogen-bond donors (Lipinski definition) is 1. The molecule has 0 atom stereocenters. The van der Waals surface area contributed by atoms with Crippen molar-refractivity contribution in [3.05, 3.63) is 65.0 Å². The third kappa shape index (κ3) is 4.81. The van der Waals surface area contributed by atoms with E-state index < -0.39 is 40.0 Å². The lowest BCUT2D eigenvalue weighted by Gasteiger charge is -2.26. The van der Waals surface area contributed by atoms with Crippen molar-refractivity contribution in [3.8, 4) is 0 Å². The van der Waals surface area contributed by atoms with Gasteiger partial charge < -0.3 is 5.32 Å². The normalized spacial score (nSPS) is 15.7. The Balaban J connectivity index is 1.84. The predicted octanol–water partition coefficient (Wildman–Crippen LogP) is 3.95. The fourth-order valence-electron chi connectivity index (χ4n) is 3.36. The number of piperidine rings is 1. The third-order valence-corrected chi connectivity index (χ3v) is 6.84. The second-order valence-corrected chi connectivity index (χ2v) is 8.85. The van der Waals surface area contributed by atoms with Crippen LogP contribution in [0.15, 0.2) is 47.4 Å². The van der Waals surface area contributed by atoms with Crippen molar-refractivity contribution >= 4 is 15.9 Å². The number of sulfonamides is 1. The molecule has 2 aromatic carbocycles. The largest absolute Gasteiger partial charge is 0.416 e. The van der Waals surface area contributed by atoms with E-state index in [1.165, 1.54) is 28.6 Å². The monoisotopic (exact) mass is 444 g/mol. The molecule has 10 heteroatoms. The fourth-order valence-corrected chi connectivity index (χ4v) is 5.07. The zero-order valence-electron chi connectivity index (χ0n) is 15.9. The minimum absolute atomic E-state index is 0.154. The molecule has 3 rings (SSSR count). The van der Waals surface area contributed by atoms with Crippen LogP contribution in [0.2, 0.25) is 0 Å². The molecule has 1 aliphatic heterocycles. The molecule has 0 radical (unpaired) electrons. The summed E-state index contributed by atoms with van der Waals surface area (Å²) in [5, 5.41) is 2.32. The highest BCUT2D eigenvalue weighted by molar-refractivity contribution is 7.89. The molecule has 2 aromatic rings. The summed E-state index contributed by atoms with van der Waals surface area (Å²) < 4.78 is 79.9. The molecule has 0 aromatic heterocycles. The molecule has 1 heterocycles. The fraction of sp³-hybridized carbons (Fsp3) is 0.350. The highest BCUT2D eigenvalue weighted by atomic mass is 32.2. The average molecular weight is 444 g/mol. The molecule has 30 heavy (non-hydrogen) atoms. The molecule has 1 fully saturated rings. The maximum atomic E-state index is 13.2. The third-order valence-electron chi connectivity index (χ3n) is 4.88. The van der Waals surface area contributed by atoms with Gasteiger partial charge in [0.1, 0.15) is 5.82 Å². The first kappa shape index (κ1) is 22.2. The van der Waals surface area contributed by atoms with Gasteiger partial charge in [0, 0.05) is 19.6 Å². The van der Waals surface area contributed by atoms with Gasteiger partial charge in [-0.3, -0.25) is 4.79 Å². The Bertz CT molecular complexity index is 1030. The van der Waals surface area contributed by atoms with Gasteiger partial charge in [0.25, 0.3) is 5.91 Å². The minimum atomic E-state index is -4.79. The van der Waals surface area contributed by atoms with Crippen LogP contribution in [0, 0.1) is 5.82 Å². The Morgan fingerprint density at radius 1 is 1.03 bits per heavy atom. The molecular weight excluding hydrogens is 424 g/mol. The standard InChI is InChI=1S/C20H20F4N2O3S/c21-15-9-8-14(17(12-15)20(22,23)24)13-25-19(27)16-6-2-3-7-18(16)30(28,29)26-10-4-1-5-11-26/h2-3,6-9,12H,1,4-5,10-11,13H2,(H,25,27). The number of benzene rings is 2. The lowest BCUT2D eigenvalue weighted by molar-refractivity contribution is -0.138. The summed E-state index contributed by atoms with van der Waals surface area (Å²) in [5.41, 5.74) is -1.68. The summed E-state index contributed by atoms with van der Waals surface area (Å²) in [6.45, 7) is 0.164. The highest BCUT2D eigenvalue weighted by Crippen LogP contribution is 2.32. The number of hydrogen-bond acceptors (Lipinski definition) is 3. The van der Waals surface area contributed by atoms with Crippen LogP contribution in [0.1, 0.15) is 40.7 Å². The van der Waals surface area contributed by atoms with E-state index in [-0.39, 0.29) is 16.0 Å². The van der Waals surface area contributed by atoms with E-state index in [0.29, 0.717) is 19.2 Å². The van der Waals surface area contributed by atoms with Crippen molar-refractivity contribution in [1.82, 2.24) is 9.62 Å². The maximum Gasteiger partial charge on any atom is 0.416 e. The zero-order valence-corrected chi connectivity index (χ0v) is 16.7. The Labute approximate surface area is 171 Å². The van der Waals surface area contributed by atoms with E-state index in [1.54, 1.807) is 0 Å². The second kappa shape index (κ2) is 8.73. The minimum Gasteiger partial charge on any atom is -0.348 e. The molecule has 0 aliphatic carbocycles. The Morgan fingerprint density at radius 3 is 2.37 bits per heavy atom. The van der Waals surface area contributed by atoms with Crippen molar-refractivity contribution in [3.63, 3.8) is 0 Å². The smallest absolute Gasteiger partial charge is 0.348 e. The van der Waals surface area contributed by atoms with Gasteiger partial charge >= 0.3 is 6.18 Å². The lowest BCUT2D eigenvalue weighted by Crippen LogP contribution is -2.37. The van der Waals surface area contributed by atoms with Crippen LogP contribution in [0.25, 0.3) is 0 Å². The van der Waals surface area contributed by atoms with Crippen molar-refractivity contribution in [1.29, 1.82) is 0 Å². The van der Waals surface area contributed by atoms with Gasteiger partial charge in [0.05, 0.1) is 16.0 Å². The number of alkyl halides is 3. The molecule has 0 saturated carbocycles. The van der Waals surface area contributed by atoms with Gasteiger partial charge in [0.2, 0.25) is 10.0 Å². The Kier molecular flexibility index (Phi) is 6.47. The van der Waals surface area contributed by atoms with Gasteiger partial charge in [-0.25, -0.2) is 12.8 Å². The molecule has 1 saturated heterocycles. The first-order chi connectivity index (χ1) is 14.1. The van der Waals surface area contributed by atoms with Gasteiger partial charge in [-0.2, -0.15) is 17.5 Å². The van der Waals surface area contributed by atoms with Crippen LogP contribution in [0.3, 0.4) is 0 Å². The van der Waals surface area contributed by atoms with E-state index in [0.717, 1.165) is 31.4 Å². The summed E-state index contributed by atoms with van der Waals surface area (Å²) in [7, 11) is -3.91. The number of nitrogens with one attached hydrogen (secondary N) is 1. The predicted molar refractivity (Wildman–Crippen MR) is 102 cm³/mol. The van der Waals surface area contributed by atoms with E-state index in [1.807, 2.05) is 0 Å². The van der Waals surface area contributed by atoms with Crippen LogP contribution < -0.4 is 5.32 Å². The number of amides is 1. The van der Waals surface area contributed by atoms with Crippen molar-refractivity contribution < 1.29 is 30.8 Å². The van der Waals surface area contributed by atoms with Crippen molar-refractivity contribution in [2.24, 2.45) is 0 Å². The molecule has 1 amide bonds. The number of nitrogens with zero attached hydrogens (tertiary/aromatic N) is 1. The van der Waals surface area contributed by atoms with Crippen LogP contribution in [0.4, 0.5) is 17.6 Å². The van der Waals surface area contributed by atoms with Gasteiger partial charge in [-0.1, -0.05) is 24.6 Å². The summed E-state index contributed by atoms with van der Waals surface area (Å²) >= 11 is 0. The van der Waals surface area contributed by atoms with Crippen LogP contribution in [-0.2, 0) is 22.7 Å². The second-order valence-electron chi connectivity index (χ2n) is 6.94. The molecule has 0 spiro atoms. The molecule has 0 bridgehead atoms. The van der Waals surface area contributed by atoms with Gasteiger partial charge in [0.15, 0.2) is 0 Å². The molecule has 5 nitrogen and oxygen atoms in total. The SMILES string of the molecule is O=C(NCc1ccc(F)cc1C(F)(F)F)c1ccccc1S(=O)(=O)N1CCCCC1. The number of carbonyl (C=O) groups excluding carboxylic acids is 1. The van der Waals surface area contributed by atoms with E-state index in [4.69, 9.17) is 0 Å². The van der Waals surface area contributed by atoms with E-state index >= 15 is 0 Å². The van der Waals surface area contributed by atoms with Crippen LogP contribution in [0.5, 0.6) is 0 Å². The number of carbonyl (C=O) groups is 1. The van der Waals surface area contributed by atoms with Crippen LogP contribution >= 0.6 is 0 Å². The first-order valence-corrected chi connectivity index (χ1v) is 10.8. The maximum absolute atomic E-state index is 13.2. The number of rotatable bonds is 5. The quantitative estimate of drug-likeness (QED) is 0.711. The summed E-state index contributed by atoms with van der Waals surface area (Å²) in [4.78, 5) is 12.5. The first-order valence-electron chi connectivity index (χ1n) is 9.34. The van der Waals surface area contributed by atoms with E-state index in [2.05, 4.69) is 5.32 Å². The molecule has 1 N–H and O–H groups in total. The van der Waals surface area contributed by atoms with Gasteiger partial charge in [-0.05, 0) is 42.7 Å². The summed E-state index contributed by atoms with van der Waals surface area (Å²) in [5.74, 6) is -1.88. The van der Waals surface area contributed by atoms with Crippen molar-refractivity contribution in [2.75, 3.05) is 13.1 Å². The molecule has 162 valence electrons. The zero-order chi connectivity index (χ0) is 21.9. The summed E-state index contributed by atoms with van der Waals surface area (Å²) in [6.07, 6.45) is -2.43.